The molecule has 2 unspecified atom stereocenters. The fourth-order valence-corrected chi connectivity index (χ4v) is 3.31. The average molecular weight is 393 g/mol. The van der Waals surface area contributed by atoms with Gasteiger partial charge in [-0.05, 0) is 43.9 Å². The Morgan fingerprint density at radius 1 is 1.38 bits per heavy atom. The number of halogens is 3. The molecule has 5 nitrogen and oxygen atoms in total. The fraction of sp³-hybridized carbons (Fsp3) is 0.611. The number of ether oxygens (including phenoxy) is 2. The monoisotopic (exact) mass is 392 g/mol. The standard InChI is InChI=1S/C18H26F2N2O3.ClH/c1-18(21)9-4-3-5-13(18)16(23)22-10-8-12-6-7-14(24-2)15(11-12)25-17(19)20;/h6-7,11,13,17H,3-5,8-10,21H2,1-2H3,(H,22,23);1H. The van der Waals surface area contributed by atoms with Crippen LogP contribution in [0.15, 0.2) is 18.2 Å². The molecule has 0 saturated heterocycles. The van der Waals surface area contributed by atoms with E-state index in [1.54, 1.807) is 12.1 Å². The molecule has 2 atom stereocenters. The minimum absolute atomic E-state index is 0. The number of hydrogen-bond donors (Lipinski definition) is 2. The van der Waals surface area contributed by atoms with Gasteiger partial charge in [0, 0.05) is 12.1 Å². The van der Waals surface area contributed by atoms with Crippen molar-refractivity contribution in [3.05, 3.63) is 23.8 Å². The van der Waals surface area contributed by atoms with Crippen molar-refractivity contribution in [1.82, 2.24) is 5.32 Å². The van der Waals surface area contributed by atoms with Crippen LogP contribution in [0.5, 0.6) is 11.5 Å². The van der Waals surface area contributed by atoms with Crippen molar-refractivity contribution in [3.8, 4) is 11.5 Å². The van der Waals surface area contributed by atoms with Crippen LogP contribution >= 0.6 is 12.4 Å². The Morgan fingerprint density at radius 2 is 2.12 bits per heavy atom. The van der Waals surface area contributed by atoms with Gasteiger partial charge >= 0.3 is 6.61 Å². The van der Waals surface area contributed by atoms with E-state index in [9.17, 15) is 13.6 Å². The molecule has 0 radical (unpaired) electrons. The van der Waals surface area contributed by atoms with Crippen molar-refractivity contribution >= 4 is 18.3 Å². The third-order valence-corrected chi connectivity index (χ3v) is 4.73. The van der Waals surface area contributed by atoms with E-state index in [1.807, 2.05) is 6.92 Å². The average Bonchev–Trinajstić information content (AvgIpc) is 2.54. The second-order valence-electron chi connectivity index (χ2n) is 6.71. The maximum atomic E-state index is 12.5. The van der Waals surface area contributed by atoms with Crippen LogP contribution < -0.4 is 20.5 Å². The maximum absolute atomic E-state index is 12.5. The minimum atomic E-state index is -2.92. The minimum Gasteiger partial charge on any atom is -0.493 e. The van der Waals surface area contributed by atoms with Gasteiger partial charge in [-0.1, -0.05) is 18.9 Å². The summed E-state index contributed by atoms with van der Waals surface area (Å²) in [5.41, 5.74) is 6.54. The predicted octanol–water partition coefficient (Wildman–Crippen LogP) is 3.28. The Bertz CT molecular complexity index is 600. The Labute approximate surface area is 159 Å². The largest absolute Gasteiger partial charge is 0.493 e. The molecule has 1 saturated carbocycles. The van der Waals surface area contributed by atoms with Crippen LogP contribution in [0, 0.1) is 5.92 Å². The second-order valence-corrected chi connectivity index (χ2v) is 6.71. The Hall–Kier alpha value is -1.60. The highest BCUT2D eigenvalue weighted by molar-refractivity contribution is 5.85. The maximum Gasteiger partial charge on any atom is 0.387 e. The van der Waals surface area contributed by atoms with Crippen LogP contribution in [-0.2, 0) is 11.2 Å². The Morgan fingerprint density at radius 3 is 2.73 bits per heavy atom. The van der Waals surface area contributed by atoms with Crippen LogP contribution in [-0.4, -0.2) is 31.7 Å². The van der Waals surface area contributed by atoms with Gasteiger partial charge in [-0.3, -0.25) is 4.79 Å². The first-order valence-electron chi connectivity index (χ1n) is 8.52. The summed E-state index contributed by atoms with van der Waals surface area (Å²) in [6, 6.07) is 4.84. The van der Waals surface area contributed by atoms with Gasteiger partial charge < -0.3 is 20.5 Å². The molecule has 0 bridgehead atoms. The first-order chi connectivity index (χ1) is 11.8. The van der Waals surface area contributed by atoms with E-state index in [0.29, 0.717) is 13.0 Å². The van der Waals surface area contributed by atoms with E-state index in [2.05, 4.69) is 10.1 Å². The van der Waals surface area contributed by atoms with Crippen molar-refractivity contribution in [2.75, 3.05) is 13.7 Å². The van der Waals surface area contributed by atoms with Gasteiger partial charge in [0.15, 0.2) is 11.5 Å². The van der Waals surface area contributed by atoms with Crippen molar-refractivity contribution in [1.29, 1.82) is 0 Å². The summed E-state index contributed by atoms with van der Waals surface area (Å²) in [5, 5.41) is 2.91. The molecule has 0 aromatic heterocycles. The topological polar surface area (TPSA) is 73.6 Å². The number of methoxy groups -OCH3 is 1. The first kappa shape index (κ1) is 22.4. The summed E-state index contributed by atoms with van der Waals surface area (Å²) in [4.78, 5) is 12.4. The molecule has 0 aliphatic heterocycles. The SMILES string of the molecule is COc1ccc(CCNC(=O)C2CCCCC2(C)N)cc1OC(F)F.Cl. The van der Waals surface area contributed by atoms with E-state index in [1.165, 1.54) is 13.2 Å². The van der Waals surface area contributed by atoms with Crippen LogP contribution in [0.3, 0.4) is 0 Å². The molecule has 1 fully saturated rings. The summed E-state index contributed by atoms with van der Waals surface area (Å²) >= 11 is 0. The zero-order chi connectivity index (χ0) is 18.4. The molecule has 148 valence electrons. The quantitative estimate of drug-likeness (QED) is 0.746. The molecule has 1 aliphatic carbocycles. The van der Waals surface area contributed by atoms with Gasteiger partial charge in [-0.25, -0.2) is 0 Å². The third kappa shape index (κ3) is 5.99. The first-order valence-corrected chi connectivity index (χ1v) is 8.52. The molecule has 26 heavy (non-hydrogen) atoms. The number of carbonyl (C=O) groups is 1. The summed E-state index contributed by atoms with van der Waals surface area (Å²) in [5.74, 6) is 0.00874. The lowest BCUT2D eigenvalue weighted by molar-refractivity contribution is -0.128. The number of amides is 1. The van der Waals surface area contributed by atoms with Crippen molar-refractivity contribution in [3.63, 3.8) is 0 Å². The number of alkyl halides is 2. The lowest BCUT2D eigenvalue weighted by atomic mass is 9.74. The van der Waals surface area contributed by atoms with Crippen LogP contribution in [0.25, 0.3) is 0 Å². The smallest absolute Gasteiger partial charge is 0.387 e. The highest BCUT2D eigenvalue weighted by atomic mass is 35.5. The summed E-state index contributed by atoms with van der Waals surface area (Å²) in [6.45, 7) is -0.586. The predicted molar refractivity (Wildman–Crippen MR) is 98.1 cm³/mol. The lowest BCUT2D eigenvalue weighted by Crippen LogP contribution is -2.53. The van der Waals surface area contributed by atoms with E-state index in [0.717, 1.165) is 31.2 Å². The van der Waals surface area contributed by atoms with E-state index >= 15 is 0 Å². The lowest BCUT2D eigenvalue weighted by Gasteiger charge is -2.37. The molecule has 8 heteroatoms. The summed E-state index contributed by atoms with van der Waals surface area (Å²) in [6.07, 6.45) is 4.21. The van der Waals surface area contributed by atoms with Crippen LogP contribution in [0.4, 0.5) is 8.78 Å². The van der Waals surface area contributed by atoms with Gasteiger partial charge in [0.1, 0.15) is 0 Å². The Kier molecular flexibility index (Phi) is 8.56. The van der Waals surface area contributed by atoms with Gasteiger partial charge in [-0.2, -0.15) is 8.78 Å². The van der Waals surface area contributed by atoms with E-state index < -0.39 is 12.2 Å². The van der Waals surface area contributed by atoms with Gasteiger partial charge in [0.25, 0.3) is 0 Å². The molecule has 3 N–H and O–H groups in total. The molecule has 2 rings (SSSR count). The normalized spacial score (nSPS) is 22.5. The number of carbonyl (C=O) groups excluding carboxylic acids is 1. The molecule has 1 aromatic rings. The van der Waals surface area contributed by atoms with E-state index in [4.69, 9.17) is 10.5 Å². The zero-order valence-electron chi connectivity index (χ0n) is 15.1. The van der Waals surface area contributed by atoms with Crippen molar-refractivity contribution in [2.45, 2.75) is 51.2 Å². The van der Waals surface area contributed by atoms with Crippen LogP contribution in [0.2, 0.25) is 0 Å². The van der Waals surface area contributed by atoms with Gasteiger partial charge in [-0.15, -0.1) is 12.4 Å². The second kappa shape index (κ2) is 9.92. The number of nitrogens with two attached hydrogens (primary N) is 1. The molecule has 1 amide bonds. The number of hydrogen-bond acceptors (Lipinski definition) is 4. The Balaban J connectivity index is 0.00000338. The van der Waals surface area contributed by atoms with Crippen molar-refractivity contribution < 1.29 is 23.0 Å². The highest BCUT2D eigenvalue weighted by Gasteiger charge is 2.37. The fourth-order valence-electron chi connectivity index (χ4n) is 3.31. The molecule has 0 heterocycles. The van der Waals surface area contributed by atoms with E-state index in [-0.39, 0.29) is 35.7 Å². The van der Waals surface area contributed by atoms with Gasteiger partial charge in [0.2, 0.25) is 5.91 Å². The van der Waals surface area contributed by atoms with Gasteiger partial charge in [0.05, 0.1) is 13.0 Å². The third-order valence-electron chi connectivity index (χ3n) is 4.73. The number of benzene rings is 1. The highest BCUT2D eigenvalue weighted by Crippen LogP contribution is 2.32. The number of nitrogens with one attached hydrogen (secondary N) is 1. The summed E-state index contributed by atoms with van der Waals surface area (Å²) < 4.78 is 34.4. The molecule has 1 aromatic carbocycles. The summed E-state index contributed by atoms with van der Waals surface area (Å²) in [7, 11) is 1.39. The molecular formula is C18H27ClF2N2O3. The number of rotatable bonds is 7. The van der Waals surface area contributed by atoms with Crippen LogP contribution in [0.1, 0.15) is 38.2 Å². The van der Waals surface area contributed by atoms with Crippen molar-refractivity contribution in [2.24, 2.45) is 11.7 Å². The molecule has 1 aliphatic rings. The molecule has 0 spiro atoms. The zero-order valence-corrected chi connectivity index (χ0v) is 15.9. The molecular weight excluding hydrogens is 366 g/mol.